The lowest BCUT2D eigenvalue weighted by molar-refractivity contribution is -0.0274. The molecule has 0 amide bonds. The van der Waals surface area contributed by atoms with E-state index >= 15 is 0 Å². The number of ketones is 1. The summed E-state index contributed by atoms with van der Waals surface area (Å²) in [5.74, 6) is 1.76. The maximum atomic E-state index is 12.9. The first-order valence-electron chi connectivity index (χ1n) is 8.93. The number of Topliss-reactive ketones (excluding diaryl/α,β-unsaturated/α-hetero) is 1. The van der Waals surface area contributed by atoms with E-state index < -0.39 is 0 Å². The van der Waals surface area contributed by atoms with Gasteiger partial charge in [0.1, 0.15) is 0 Å². The number of rotatable bonds is 3. The second kappa shape index (κ2) is 4.90. The van der Waals surface area contributed by atoms with Crippen LogP contribution in [0.2, 0.25) is 0 Å². The minimum absolute atomic E-state index is 0.364. The van der Waals surface area contributed by atoms with Gasteiger partial charge in [-0.2, -0.15) is 0 Å². The molecule has 23 heavy (non-hydrogen) atoms. The molecule has 3 saturated heterocycles. The third-order valence-electron chi connectivity index (χ3n) is 6.69. The maximum Gasteiger partial charge on any atom is 0.163 e. The van der Waals surface area contributed by atoms with Crippen molar-refractivity contribution in [3.05, 3.63) is 34.7 Å². The van der Waals surface area contributed by atoms with Crippen molar-refractivity contribution in [2.75, 3.05) is 13.1 Å². The summed E-state index contributed by atoms with van der Waals surface area (Å²) in [6.07, 6.45) is 6.03. The summed E-state index contributed by atoms with van der Waals surface area (Å²) in [5, 5.41) is 3.49. The molecule has 1 aromatic heterocycles. The Morgan fingerprint density at radius 3 is 2.83 bits per heavy atom. The molecule has 0 unspecified atom stereocenters. The van der Waals surface area contributed by atoms with E-state index in [-0.39, 0.29) is 0 Å². The second-order valence-electron chi connectivity index (χ2n) is 7.79. The van der Waals surface area contributed by atoms with Gasteiger partial charge in [0, 0.05) is 22.2 Å². The molecule has 1 aliphatic carbocycles. The van der Waals surface area contributed by atoms with E-state index in [0.29, 0.717) is 17.2 Å². The predicted molar refractivity (Wildman–Crippen MR) is 95.3 cm³/mol. The van der Waals surface area contributed by atoms with Gasteiger partial charge in [0.25, 0.3) is 0 Å². The van der Waals surface area contributed by atoms with Crippen LogP contribution in [0.25, 0.3) is 10.1 Å². The van der Waals surface area contributed by atoms with Crippen molar-refractivity contribution in [2.45, 2.75) is 44.6 Å². The average molecular weight is 325 g/mol. The van der Waals surface area contributed by atoms with E-state index in [1.165, 1.54) is 54.4 Å². The molecule has 1 spiro atoms. The van der Waals surface area contributed by atoms with Gasteiger partial charge in [-0.25, -0.2) is 0 Å². The van der Waals surface area contributed by atoms with Crippen molar-refractivity contribution in [1.82, 2.24) is 4.90 Å². The molecule has 120 valence electrons. The third kappa shape index (κ3) is 2.06. The van der Waals surface area contributed by atoms with E-state index in [0.717, 1.165) is 17.9 Å². The topological polar surface area (TPSA) is 20.3 Å². The second-order valence-corrected chi connectivity index (χ2v) is 8.70. The van der Waals surface area contributed by atoms with Crippen molar-refractivity contribution in [1.29, 1.82) is 0 Å². The highest BCUT2D eigenvalue weighted by Gasteiger charge is 2.60. The number of aryl methyl sites for hydroxylation is 1. The van der Waals surface area contributed by atoms with Crippen LogP contribution >= 0.6 is 11.3 Å². The Hall–Kier alpha value is -1.19. The Balaban J connectivity index is 1.42. The highest BCUT2D eigenvalue weighted by atomic mass is 32.1. The average Bonchev–Trinajstić information content (AvgIpc) is 3.28. The fourth-order valence-electron chi connectivity index (χ4n) is 5.24. The zero-order chi connectivity index (χ0) is 15.6. The molecular formula is C20H23NOS. The number of carbonyl (C=O) groups is 1. The van der Waals surface area contributed by atoms with Gasteiger partial charge in [0.2, 0.25) is 0 Å². The monoisotopic (exact) mass is 325 g/mol. The largest absolute Gasteiger partial charge is 0.297 e. The highest BCUT2D eigenvalue weighted by Crippen LogP contribution is 2.58. The molecule has 4 aliphatic rings. The number of carbonyl (C=O) groups excluding carboxylic acids is 1. The summed E-state index contributed by atoms with van der Waals surface area (Å²) in [4.78, 5) is 15.6. The molecule has 2 aromatic rings. The van der Waals surface area contributed by atoms with Crippen LogP contribution in [0.15, 0.2) is 23.6 Å². The van der Waals surface area contributed by atoms with Gasteiger partial charge < -0.3 is 0 Å². The Bertz CT molecular complexity index is 780. The Kier molecular flexibility index (Phi) is 3.02. The molecular weight excluding hydrogens is 302 g/mol. The first-order chi connectivity index (χ1) is 11.2. The van der Waals surface area contributed by atoms with Crippen LogP contribution in [-0.4, -0.2) is 29.3 Å². The maximum absolute atomic E-state index is 12.9. The van der Waals surface area contributed by atoms with Gasteiger partial charge in [-0.1, -0.05) is 12.1 Å². The number of fused-ring (bicyclic) bond motifs is 3. The summed E-state index contributed by atoms with van der Waals surface area (Å²) in [7, 11) is 0. The zero-order valence-electron chi connectivity index (χ0n) is 13.7. The molecule has 1 aromatic carbocycles. The lowest BCUT2D eigenvalue weighted by Crippen LogP contribution is -2.57. The van der Waals surface area contributed by atoms with Gasteiger partial charge >= 0.3 is 0 Å². The van der Waals surface area contributed by atoms with E-state index in [2.05, 4.69) is 29.3 Å². The summed E-state index contributed by atoms with van der Waals surface area (Å²) < 4.78 is 1.25. The van der Waals surface area contributed by atoms with Gasteiger partial charge in [-0.3, -0.25) is 9.69 Å². The van der Waals surface area contributed by atoms with Crippen LogP contribution in [0.3, 0.4) is 0 Å². The number of benzene rings is 1. The lowest BCUT2D eigenvalue weighted by atomic mass is 9.69. The van der Waals surface area contributed by atoms with Crippen LogP contribution in [0, 0.1) is 18.8 Å². The van der Waals surface area contributed by atoms with Crippen molar-refractivity contribution in [2.24, 2.45) is 11.8 Å². The van der Waals surface area contributed by atoms with Crippen LogP contribution in [0.5, 0.6) is 0 Å². The molecule has 4 fully saturated rings. The number of piperidine rings is 3. The minimum atomic E-state index is 0.364. The Morgan fingerprint density at radius 1 is 1.30 bits per heavy atom. The van der Waals surface area contributed by atoms with Crippen LogP contribution < -0.4 is 0 Å². The van der Waals surface area contributed by atoms with Crippen LogP contribution in [0.1, 0.15) is 48.0 Å². The van der Waals surface area contributed by atoms with Crippen molar-refractivity contribution >= 4 is 27.2 Å². The summed E-state index contributed by atoms with van der Waals surface area (Å²) in [6.45, 7) is 4.69. The molecule has 2 bridgehead atoms. The van der Waals surface area contributed by atoms with Gasteiger partial charge in [-0.05, 0) is 79.9 Å². The Labute approximate surface area is 141 Å². The molecule has 4 heterocycles. The number of nitrogens with zero attached hydrogens (tertiary/aromatic N) is 1. The minimum Gasteiger partial charge on any atom is -0.297 e. The molecule has 3 aliphatic heterocycles. The fourth-order valence-corrected chi connectivity index (χ4v) is 6.23. The van der Waals surface area contributed by atoms with E-state index in [9.17, 15) is 4.79 Å². The molecule has 3 heteroatoms. The van der Waals surface area contributed by atoms with Crippen molar-refractivity contribution in [3.8, 4) is 0 Å². The van der Waals surface area contributed by atoms with Crippen molar-refractivity contribution in [3.63, 3.8) is 0 Å². The normalized spacial score (nSPS) is 30.9. The smallest absolute Gasteiger partial charge is 0.163 e. The summed E-state index contributed by atoms with van der Waals surface area (Å²) in [6, 6.07) is 6.30. The molecule has 2 nitrogen and oxygen atoms in total. The number of thiophene rings is 1. The highest BCUT2D eigenvalue weighted by molar-refractivity contribution is 7.17. The molecule has 0 N–H and O–H groups in total. The number of hydrogen-bond donors (Lipinski definition) is 0. The van der Waals surface area contributed by atoms with Gasteiger partial charge in [0.05, 0.1) is 0 Å². The lowest BCUT2D eigenvalue weighted by Gasteiger charge is -2.52. The van der Waals surface area contributed by atoms with Crippen LogP contribution in [0.4, 0.5) is 0 Å². The van der Waals surface area contributed by atoms with E-state index in [1.54, 1.807) is 11.3 Å². The first kappa shape index (κ1) is 14.2. The molecule has 1 atom stereocenters. The summed E-state index contributed by atoms with van der Waals surface area (Å²) >= 11 is 1.76. The quantitative estimate of drug-likeness (QED) is 0.765. The molecule has 1 saturated carbocycles. The SMILES string of the molecule is Cc1csc2cc(C(=O)C[C@@H]3C4CCN(CC4)C34CC4)ccc12. The molecule has 6 rings (SSSR count). The van der Waals surface area contributed by atoms with E-state index in [1.807, 2.05) is 6.07 Å². The third-order valence-corrected chi connectivity index (χ3v) is 7.75. The van der Waals surface area contributed by atoms with E-state index in [4.69, 9.17) is 0 Å². The molecule has 0 radical (unpaired) electrons. The first-order valence-corrected chi connectivity index (χ1v) is 9.81. The Morgan fingerprint density at radius 2 is 2.09 bits per heavy atom. The van der Waals surface area contributed by atoms with Crippen molar-refractivity contribution < 1.29 is 4.79 Å². The predicted octanol–water partition coefficient (Wildman–Crippen LogP) is 4.66. The van der Waals surface area contributed by atoms with Gasteiger partial charge in [0.15, 0.2) is 5.78 Å². The van der Waals surface area contributed by atoms with Gasteiger partial charge in [-0.15, -0.1) is 11.3 Å². The standard InChI is InChI=1S/C20H23NOS/c1-13-12-23-19-10-15(2-3-16(13)19)18(22)11-17-14-4-8-21(9-5-14)20(17)6-7-20/h2-3,10,12,14,17H,4-9,11H2,1H3/t17-/m1/s1. The fraction of sp³-hybridized carbons (Fsp3) is 0.550. The summed E-state index contributed by atoms with van der Waals surface area (Å²) in [5.41, 5.74) is 2.66. The zero-order valence-corrected chi connectivity index (χ0v) is 14.5. The number of hydrogen-bond acceptors (Lipinski definition) is 3. The van der Waals surface area contributed by atoms with Crippen LogP contribution in [-0.2, 0) is 0 Å².